The number of carbonyl (C=O) groups is 1. The molecule has 1 N–H and O–H groups in total. The van der Waals surface area contributed by atoms with Gasteiger partial charge in [0.2, 0.25) is 5.91 Å². The second-order valence-corrected chi connectivity index (χ2v) is 6.95. The first-order chi connectivity index (χ1) is 13.1. The van der Waals surface area contributed by atoms with Gasteiger partial charge in [0, 0.05) is 37.6 Å². The van der Waals surface area contributed by atoms with Crippen LogP contribution in [0.15, 0.2) is 40.9 Å². The van der Waals surface area contributed by atoms with Crippen LogP contribution in [0.3, 0.4) is 0 Å². The lowest BCUT2D eigenvalue weighted by molar-refractivity contribution is -0.117. The normalized spacial score (nSPS) is 15.3. The van der Waals surface area contributed by atoms with Crippen LogP contribution in [0.1, 0.15) is 11.3 Å². The van der Waals surface area contributed by atoms with Gasteiger partial charge in [0.05, 0.1) is 12.1 Å². The predicted molar refractivity (Wildman–Crippen MR) is 105 cm³/mol. The number of hydrogen-bond donors (Lipinski definition) is 1. The lowest BCUT2D eigenvalue weighted by Crippen LogP contribution is -2.49. The molecule has 7 nitrogen and oxygen atoms in total. The van der Waals surface area contributed by atoms with Crippen LogP contribution in [0, 0.1) is 13.8 Å². The van der Waals surface area contributed by atoms with Gasteiger partial charge in [-0.05, 0) is 31.5 Å². The van der Waals surface area contributed by atoms with E-state index in [1.54, 1.807) is 13.0 Å². The summed E-state index contributed by atoms with van der Waals surface area (Å²) >= 11 is 0. The molecule has 0 bridgehead atoms. The van der Waals surface area contributed by atoms with E-state index >= 15 is 0 Å². The summed E-state index contributed by atoms with van der Waals surface area (Å²) in [6.45, 7) is 7.61. The number of para-hydroxylation sites is 1. The Bertz CT molecular complexity index is 960. The van der Waals surface area contributed by atoms with E-state index in [9.17, 15) is 4.79 Å². The molecule has 140 valence electrons. The number of pyridine rings is 1. The first kappa shape index (κ1) is 17.5. The molecule has 27 heavy (non-hydrogen) atoms. The van der Waals surface area contributed by atoms with E-state index in [0.29, 0.717) is 18.1 Å². The molecule has 0 aliphatic carbocycles. The zero-order chi connectivity index (χ0) is 18.8. The van der Waals surface area contributed by atoms with Crippen molar-refractivity contribution in [2.75, 3.05) is 42.9 Å². The summed E-state index contributed by atoms with van der Waals surface area (Å²) in [5.74, 6) is 2.08. The van der Waals surface area contributed by atoms with Gasteiger partial charge in [-0.1, -0.05) is 23.4 Å². The molecule has 0 saturated carbocycles. The first-order valence-electron chi connectivity index (χ1n) is 9.15. The lowest BCUT2D eigenvalue weighted by Gasteiger charge is -2.35. The average molecular weight is 365 g/mol. The van der Waals surface area contributed by atoms with Crippen molar-refractivity contribution in [2.24, 2.45) is 0 Å². The van der Waals surface area contributed by atoms with E-state index in [1.807, 2.05) is 12.1 Å². The molecule has 7 heteroatoms. The van der Waals surface area contributed by atoms with E-state index in [4.69, 9.17) is 9.51 Å². The highest BCUT2D eigenvalue weighted by atomic mass is 16.5. The Morgan fingerprint density at radius 2 is 1.93 bits per heavy atom. The number of rotatable bonds is 4. The van der Waals surface area contributed by atoms with Crippen LogP contribution in [0.4, 0.5) is 11.6 Å². The molecular formula is C20H23N5O2. The van der Waals surface area contributed by atoms with Gasteiger partial charge in [0.1, 0.15) is 11.6 Å². The Morgan fingerprint density at radius 3 is 2.67 bits per heavy atom. The number of aromatic nitrogens is 2. The highest BCUT2D eigenvalue weighted by Crippen LogP contribution is 2.23. The summed E-state index contributed by atoms with van der Waals surface area (Å²) in [7, 11) is 0. The summed E-state index contributed by atoms with van der Waals surface area (Å²) in [4.78, 5) is 21.4. The molecule has 1 amide bonds. The molecule has 0 unspecified atom stereocenters. The van der Waals surface area contributed by atoms with Gasteiger partial charge in [0.25, 0.3) is 0 Å². The Kier molecular flexibility index (Phi) is 4.77. The highest BCUT2D eigenvalue weighted by molar-refractivity contribution is 5.91. The monoisotopic (exact) mass is 365 g/mol. The van der Waals surface area contributed by atoms with Gasteiger partial charge in [-0.25, -0.2) is 4.98 Å². The minimum absolute atomic E-state index is 0.0728. The number of aryl methyl sites for hydroxylation is 2. The van der Waals surface area contributed by atoms with Gasteiger partial charge in [-0.2, -0.15) is 0 Å². The molecule has 1 aliphatic rings. The third-order valence-electron chi connectivity index (χ3n) is 4.87. The third-order valence-corrected chi connectivity index (χ3v) is 4.87. The second-order valence-electron chi connectivity index (χ2n) is 6.95. The zero-order valence-corrected chi connectivity index (χ0v) is 15.6. The Hall–Kier alpha value is -2.93. The van der Waals surface area contributed by atoms with E-state index in [2.05, 4.69) is 45.4 Å². The van der Waals surface area contributed by atoms with Crippen LogP contribution in [0.5, 0.6) is 0 Å². The second kappa shape index (κ2) is 7.36. The Balaban J connectivity index is 1.35. The van der Waals surface area contributed by atoms with Crippen molar-refractivity contribution in [1.29, 1.82) is 0 Å². The van der Waals surface area contributed by atoms with Crippen LogP contribution in [0.25, 0.3) is 10.9 Å². The maximum absolute atomic E-state index is 12.2. The maximum Gasteiger partial charge on any atom is 0.239 e. The lowest BCUT2D eigenvalue weighted by atomic mass is 10.1. The number of fused-ring (bicyclic) bond motifs is 1. The quantitative estimate of drug-likeness (QED) is 0.766. The van der Waals surface area contributed by atoms with Crippen molar-refractivity contribution in [3.63, 3.8) is 0 Å². The smallest absolute Gasteiger partial charge is 0.239 e. The molecule has 1 aliphatic heterocycles. The molecule has 1 fully saturated rings. The fraction of sp³-hybridized carbons (Fsp3) is 0.350. The number of nitrogens with one attached hydrogen (secondary N) is 1. The highest BCUT2D eigenvalue weighted by Gasteiger charge is 2.21. The van der Waals surface area contributed by atoms with Crippen LogP contribution in [-0.4, -0.2) is 53.7 Å². The third kappa shape index (κ3) is 3.93. The van der Waals surface area contributed by atoms with Crippen molar-refractivity contribution in [2.45, 2.75) is 13.8 Å². The van der Waals surface area contributed by atoms with Crippen molar-refractivity contribution in [3.05, 3.63) is 47.7 Å². The number of benzene rings is 1. The molecule has 3 aromatic rings. The molecule has 1 aromatic carbocycles. The summed E-state index contributed by atoms with van der Waals surface area (Å²) in [5.41, 5.74) is 2.26. The molecule has 0 atom stereocenters. The summed E-state index contributed by atoms with van der Waals surface area (Å²) < 4.78 is 4.97. The van der Waals surface area contributed by atoms with Crippen LogP contribution in [-0.2, 0) is 4.79 Å². The van der Waals surface area contributed by atoms with Gasteiger partial charge in [0.15, 0.2) is 5.82 Å². The fourth-order valence-electron chi connectivity index (χ4n) is 3.44. The van der Waals surface area contributed by atoms with Crippen LogP contribution in [0.2, 0.25) is 0 Å². The number of hydrogen-bond acceptors (Lipinski definition) is 6. The molecule has 3 heterocycles. The van der Waals surface area contributed by atoms with Crippen molar-refractivity contribution >= 4 is 28.4 Å². The number of piperazine rings is 1. The minimum atomic E-state index is -0.0728. The number of carbonyl (C=O) groups excluding carboxylic acids is 1. The predicted octanol–water partition coefficient (Wildman–Crippen LogP) is 2.60. The topological polar surface area (TPSA) is 74.5 Å². The summed E-state index contributed by atoms with van der Waals surface area (Å²) in [5, 5.41) is 7.75. The van der Waals surface area contributed by atoms with Crippen molar-refractivity contribution < 1.29 is 9.32 Å². The van der Waals surface area contributed by atoms with E-state index < -0.39 is 0 Å². The standard InChI is InChI=1S/C20H23N5O2/c1-14-11-19(21-17-6-4-3-5-16(14)17)25-9-7-24(8-10-25)13-20(26)22-18-12-15(2)27-23-18/h3-6,11-12H,7-10,13H2,1-2H3,(H,22,23,26). The molecule has 0 radical (unpaired) electrons. The van der Waals surface area contributed by atoms with E-state index in [0.717, 1.165) is 37.5 Å². The minimum Gasteiger partial charge on any atom is -0.360 e. The van der Waals surface area contributed by atoms with Crippen molar-refractivity contribution in [3.8, 4) is 0 Å². The molecule has 4 rings (SSSR count). The Morgan fingerprint density at radius 1 is 1.15 bits per heavy atom. The summed E-state index contributed by atoms with van der Waals surface area (Å²) in [6, 6.07) is 12.1. The maximum atomic E-state index is 12.2. The number of anilines is 2. The van der Waals surface area contributed by atoms with Gasteiger partial charge in [-0.15, -0.1) is 0 Å². The van der Waals surface area contributed by atoms with Crippen LogP contribution >= 0.6 is 0 Å². The van der Waals surface area contributed by atoms with Gasteiger partial charge in [-0.3, -0.25) is 9.69 Å². The summed E-state index contributed by atoms with van der Waals surface area (Å²) in [6.07, 6.45) is 0. The van der Waals surface area contributed by atoms with E-state index in [-0.39, 0.29) is 5.91 Å². The fourth-order valence-corrected chi connectivity index (χ4v) is 3.44. The average Bonchev–Trinajstić information content (AvgIpc) is 3.07. The molecule has 2 aromatic heterocycles. The first-order valence-corrected chi connectivity index (χ1v) is 9.15. The Labute approximate surface area is 157 Å². The van der Waals surface area contributed by atoms with E-state index in [1.165, 1.54) is 10.9 Å². The van der Waals surface area contributed by atoms with Crippen LogP contribution < -0.4 is 10.2 Å². The molecule has 1 saturated heterocycles. The molecular weight excluding hydrogens is 342 g/mol. The largest absolute Gasteiger partial charge is 0.360 e. The van der Waals surface area contributed by atoms with Gasteiger partial charge >= 0.3 is 0 Å². The SMILES string of the molecule is Cc1cc(NC(=O)CN2CCN(c3cc(C)c4ccccc4n3)CC2)no1. The number of nitrogens with zero attached hydrogens (tertiary/aromatic N) is 4. The van der Waals surface area contributed by atoms with Crippen molar-refractivity contribution in [1.82, 2.24) is 15.0 Å². The number of amides is 1. The molecule has 0 spiro atoms. The van der Waals surface area contributed by atoms with Gasteiger partial charge < -0.3 is 14.7 Å². The zero-order valence-electron chi connectivity index (χ0n) is 15.6.